The molecule has 0 aliphatic rings. The molecule has 0 aliphatic heterocycles. The SMILES string of the molecule is CCN(C(=O)OC(C)(C)C)c1ccc(Cl)nn1. The van der Waals surface area contributed by atoms with Crippen LogP contribution in [-0.4, -0.2) is 28.4 Å². The number of halogens is 1. The Morgan fingerprint density at radius 1 is 1.41 bits per heavy atom. The number of amides is 1. The van der Waals surface area contributed by atoms with Gasteiger partial charge in [0.1, 0.15) is 5.60 Å². The minimum absolute atomic E-state index is 0.286. The molecule has 1 rings (SSSR count). The Kier molecular flexibility index (Phi) is 4.28. The van der Waals surface area contributed by atoms with Crippen molar-refractivity contribution in [3.05, 3.63) is 17.3 Å². The lowest BCUT2D eigenvalue weighted by atomic mass is 10.2. The summed E-state index contributed by atoms with van der Waals surface area (Å²) in [7, 11) is 0. The van der Waals surface area contributed by atoms with Crippen molar-refractivity contribution in [2.45, 2.75) is 33.3 Å². The van der Waals surface area contributed by atoms with E-state index in [1.54, 1.807) is 12.1 Å². The second-order valence-electron chi connectivity index (χ2n) is 4.44. The third-order valence-electron chi connectivity index (χ3n) is 1.82. The Hall–Kier alpha value is -1.36. The number of nitrogens with zero attached hydrogens (tertiary/aromatic N) is 3. The highest BCUT2D eigenvalue weighted by Crippen LogP contribution is 2.16. The topological polar surface area (TPSA) is 55.3 Å². The average Bonchev–Trinajstić information content (AvgIpc) is 2.19. The molecule has 0 spiro atoms. The summed E-state index contributed by atoms with van der Waals surface area (Å²) in [4.78, 5) is 13.3. The van der Waals surface area contributed by atoms with Crippen molar-refractivity contribution in [2.24, 2.45) is 0 Å². The second kappa shape index (κ2) is 5.31. The Labute approximate surface area is 106 Å². The maximum absolute atomic E-state index is 11.9. The molecule has 5 nitrogen and oxygen atoms in total. The molecule has 17 heavy (non-hydrogen) atoms. The number of carbonyl (C=O) groups is 1. The van der Waals surface area contributed by atoms with Crippen LogP contribution in [-0.2, 0) is 4.74 Å². The Bertz CT molecular complexity index is 387. The lowest BCUT2D eigenvalue weighted by Gasteiger charge is -2.25. The first-order valence-electron chi connectivity index (χ1n) is 5.33. The van der Waals surface area contributed by atoms with E-state index in [-0.39, 0.29) is 5.15 Å². The van der Waals surface area contributed by atoms with E-state index in [9.17, 15) is 4.79 Å². The van der Waals surface area contributed by atoms with Crippen LogP contribution in [0.4, 0.5) is 10.6 Å². The van der Waals surface area contributed by atoms with Crippen LogP contribution in [0.2, 0.25) is 5.15 Å². The van der Waals surface area contributed by atoms with Crippen LogP contribution < -0.4 is 4.90 Å². The van der Waals surface area contributed by atoms with Crippen molar-refractivity contribution >= 4 is 23.5 Å². The molecule has 0 fully saturated rings. The molecule has 0 aromatic carbocycles. The van der Waals surface area contributed by atoms with Crippen molar-refractivity contribution in [1.82, 2.24) is 10.2 Å². The van der Waals surface area contributed by atoms with Gasteiger partial charge < -0.3 is 4.74 Å². The molecule has 0 bridgehead atoms. The smallest absolute Gasteiger partial charge is 0.416 e. The van der Waals surface area contributed by atoms with E-state index < -0.39 is 11.7 Å². The summed E-state index contributed by atoms with van der Waals surface area (Å²) < 4.78 is 5.26. The van der Waals surface area contributed by atoms with Crippen molar-refractivity contribution in [3.8, 4) is 0 Å². The molecule has 0 saturated carbocycles. The van der Waals surface area contributed by atoms with Gasteiger partial charge in [-0.3, -0.25) is 4.90 Å². The van der Waals surface area contributed by atoms with Gasteiger partial charge in [-0.05, 0) is 39.8 Å². The molecule has 0 radical (unpaired) electrons. The molecule has 1 aromatic rings. The molecule has 0 aliphatic carbocycles. The normalized spacial score (nSPS) is 11.1. The Morgan fingerprint density at radius 3 is 2.47 bits per heavy atom. The Balaban J connectivity index is 2.84. The molecule has 1 heterocycles. The summed E-state index contributed by atoms with van der Waals surface area (Å²) in [6.07, 6.45) is -0.448. The predicted octanol–water partition coefficient (Wildman–Crippen LogP) is 2.89. The van der Waals surface area contributed by atoms with Crippen LogP contribution in [0.15, 0.2) is 12.1 Å². The van der Waals surface area contributed by atoms with E-state index >= 15 is 0 Å². The number of rotatable bonds is 2. The van der Waals surface area contributed by atoms with Crippen molar-refractivity contribution in [3.63, 3.8) is 0 Å². The fourth-order valence-corrected chi connectivity index (χ4v) is 1.26. The summed E-state index contributed by atoms with van der Waals surface area (Å²) in [6, 6.07) is 3.21. The fourth-order valence-electron chi connectivity index (χ4n) is 1.15. The van der Waals surface area contributed by atoms with Crippen LogP contribution in [0.1, 0.15) is 27.7 Å². The molecule has 6 heteroatoms. The van der Waals surface area contributed by atoms with Crippen LogP contribution in [0.3, 0.4) is 0 Å². The molecule has 0 unspecified atom stereocenters. The number of anilines is 1. The second-order valence-corrected chi connectivity index (χ2v) is 4.83. The molecule has 1 aromatic heterocycles. The van der Waals surface area contributed by atoms with Gasteiger partial charge in [0.15, 0.2) is 11.0 Å². The highest BCUT2D eigenvalue weighted by molar-refractivity contribution is 6.29. The standard InChI is InChI=1S/C11H16ClN3O2/c1-5-15(10(16)17-11(2,3)4)9-7-6-8(12)13-14-9/h6-7H,5H2,1-4H3. The first-order valence-corrected chi connectivity index (χ1v) is 5.71. The van der Waals surface area contributed by atoms with Crippen molar-refractivity contribution in [2.75, 3.05) is 11.4 Å². The van der Waals surface area contributed by atoms with Gasteiger partial charge >= 0.3 is 6.09 Å². The predicted molar refractivity (Wildman–Crippen MR) is 66.3 cm³/mol. The number of carbonyl (C=O) groups excluding carboxylic acids is 1. The van der Waals surface area contributed by atoms with E-state index in [1.807, 2.05) is 27.7 Å². The fraction of sp³-hybridized carbons (Fsp3) is 0.545. The Morgan fingerprint density at radius 2 is 2.06 bits per heavy atom. The number of ether oxygens (including phenoxy) is 1. The summed E-state index contributed by atoms with van der Waals surface area (Å²) in [6.45, 7) is 7.72. The monoisotopic (exact) mass is 257 g/mol. The molecule has 0 atom stereocenters. The summed E-state index contributed by atoms with van der Waals surface area (Å²) in [5.74, 6) is 0.422. The third kappa shape index (κ3) is 4.19. The van der Waals surface area contributed by atoms with Crippen molar-refractivity contribution < 1.29 is 9.53 Å². The highest BCUT2D eigenvalue weighted by atomic mass is 35.5. The maximum atomic E-state index is 11.9. The van der Waals surface area contributed by atoms with E-state index in [4.69, 9.17) is 16.3 Å². The lowest BCUT2D eigenvalue weighted by Crippen LogP contribution is -2.37. The van der Waals surface area contributed by atoms with E-state index in [0.29, 0.717) is 12.4 Å². The zero-order valence-corrected chi connectivity index (χ0v) is 11.2. The molecule has 1 amide bonds. The van der Waals surface area contributed by atoms with E-state index in [0.717, 1.165) is 0 Å². The van der Waals surface area contributed by atoms with Crippen LogP contribution >= 0.6 is 11.6 Å². The first kappa shape index (κ1) is 13.7. The number of aromatic nitrogens is 2. The zero-order chi connectivity index (χ0) is 13.1. The molecular weight excluding hydrogens is 242 g/mol. The highest BCUT2D eigenvalue weighted by Gasteiger charge is 2.23. The summed E-state index contributed by atoms with van der Waals surface area (Å²) in [5.41, 5.74) is -0.537. The van der Waals surface area contributed by atoms with Crippen molar-refractivity contribution in [1.29, 1.82) is 0 Å². The van der Waals surface area contributed by atoms with Crippen LogP contribution in [0, 0.1) is 0 Å². The van der Waals surface area contributed by atoms with Gasteiger partial charge in [-0.1, -0.05) is 11.6 Å². The number of hydrogen-bond acceptors (Lipinski definition) is 4. The summed E-state index contributed by atoms with van der Waals surface area (Å²) in [5, 5.41) is 7.82. The van der Waals surface area contributed by atoms with Gasteiger partial charge in [-0.2, -0.15) is 0 Å². The van der Waals surface area contributed by atoms with Gasteiger partial charge in [0.05, 0.1) is 0 Å². The maximum Gasteiger partial charge on any atom is 0.416 e. The van der Waals surface area contributed by atoms with Gasteiger partial charge in [0.2, 0.25) is 0 Å². The minimum Gasteiger partial charge on any atom is -0.443 e. The zero-order valence-electron chi connectivity index (χ0n) is 10.4. The van der Waals surface area contributed by atoms with Gasteiger partial charge in [0, 0.05) is 6.54 Å². The molecule has 94 valence electrons. The average molecular weight is 258 g/mol. The third-order valence-corrected chi connectivity index (χ3v) is 2.03. The minimum atomic E-state index is -0.537. The van der Waals surface area contributed by atoms with E-state index in [2.05, 4.69) is 10.2 Å². The quantitative estimate of drug-likeness (QED) is 0.817. The first-order chi connectivity index (χ1) is 7.83. The van der Waals surface area contributed by atoms with Gasteiger partial charge in [0.25, 0.3) is 0 Å². The summed E-state index contributed by atoms with van der Waals surface area (Å²) >= 11 is 5.64. The number of hydrogen-bond donors (Lipinski definition) is 0. The molecule has 0 N–H and O–H groups in total. The van der Waals surface area contributed by atoms with Gasteiger partial charge in [-0.25, -0.2) is 4.79 Å². The van der Waals surface area contributed by atoms with Crippen LogP contribution in [0.5, 0.6) is 0 Å². The molecular formula is C11H16ClN3O2. The van der Waals surface area contributed by atoms with Gasteiger partial charge in [-0.15, -0.1) is 10.2 Å². The molecule has 0 saturated heterocycles. The van der Waals surface area contributed by atoms with Crippen LogP contribution in [0.25, 0.3) is 0 Å². The lowest BCUT2D eigenvalue weighted by molar-refractivity contribution is 0.0581. The van der Waals surface area contributed by atoms with E-state index in [1.165, 1.54) is 4.90 Å². The largest absolute Gasteiger partial charge is 0.443 e.